The first-order chi connectivity index (χ1) is 9.69. The summed E-state index contributed by atoms with van der Waals surface area (Å²) in [5.74, 6) is -0.924. The Morgan fingerprint density at radius 3 is 2.55 bits per heavy atom. The number of rotatable bonds is 5. The zero-order valence-corrected chi connectivity index (χ0v) is 11.5. The van der Waals surface area contributed by atoms with E-state index in [1.54, 1.807) is 6.08 Å². The molecule has 2 nitrogen and oxygen atoms in total. The van der Waals surface area contributed by atoms with Crippen LogP contribution in [0.3, 0.4) is 0 Å². The lowest BCUT2D eigenvalue weighted by atomic mass is 9.97. The van der Waals surface area contributed by atoms with Gasteiger partial charge in [0.2, 0.25) is 0 Å². The van der Waals surface area contributed by atoms with Crippen LogP contribution in [0.5, 0.6) is 0 Å². The van der Waals surface area contributed by atoms with E-state index < -0.39 is 5.97 Å². The third-order valence-electron chi connectivity index (χ3n) is 3.26. The van der Waals surface area contributed by atoms with E-state index in [2.05, 4.69) is 37.3 Å². The second-order valence-electron chi connectivity index (χ2n) is 4.72. The van der Waals surface area contributed by atoms with Gasteiger partial charge in [-0.3, -0.25) is 0 Å². The minimum atomic E-state index is -0.924. The maximum absolute atomic E-state index is 10.5. The fourth-order valence-corrected chi connectivity index (χ4v) is 2.27. The van der Waals surface area contributed by atoms with Gasteiger partial charge in [-0.2, -0.15) is 0 Å². The quantitative estimate of drug-likeness (QED) is 0.832. The first-order valence-corrected chi connectivity index (χ1v) is 6.75. The van der Waals surface area contributed by atoms with Gasteiger partial charge in [0.1, 0.15) is 0 Å². The van der Waals surface area contributed by atoms with E-state index in [4.69, 9.17) is 5.11 Å². The van der Waals surface area contributed by atoms with Crippen LogP contribution in [0.15, 0.2) is 54.6 Å². The Kier molecular flexibility index (Phi) is 4.72. The Bertz CT molecular complexity index is 627. The molecule has 0 aromatic heterocycles. The highest BCUT2D eigenvalue weighted by atomic mass is 16.4. The molecule has 0 aliphatic carbocycles. The van der Waals surface area contributed by atoms with Crippen LogP contribution in [0, 0.1) is 0 Å². The monoisotopic (exact) mass is 266 g/mol. The third-order valence-corrected chi connectivity index (χ3v) is 3.26. The molecule has 2 heteroatoms. The molecular formula is C18H18O2. The summed E-state index contributed by atoms with van der Waals surface area (Å²) in [6.45, 7) is 2.16. The summed E-state index contributed by atoms with van der Waals surface area (Å²) in [5.41, 5.74) is 4.80. The van der Waals surface area contributed by atoms with Gasteiger partial charge in [0.25, 0.3) is 0 Å². The molecule has 0 aliphatic rings. The van der Waals surface area contributed by atoms with Crippen molar-refractivity contribution in [2.24, 2.45) is 0 Å². The fourth-order valence-electron chi connectivity index (χ4n) is 2.27. The summed E-state index contributed by atoms with van der Waals surface area (Å²) < 4.78 is 0. The molecule has 0 atom stereocenters. The topological polar surface area (TPSA) is 37.3 Å². The minimum absolute atomic E-state index is 0.874. The SMILES string of the molecule is CCc1ccccc1Cc1cccc(/C=C/C(=O)O)c1. The van der Waals surface area contributed by atoms with Crippen LogP contribution >= 0.6 is 0 Å². The highest BCUT2D eigenvalue weighted by molar-refractivity contribution is 5.85. The zero-order chi connectivity index (χ0) is 14.4. The highest BCUT2D eigenvalue weighted by Crippen LogP contribution is 2.16. The standard InChI is InChI=1S/C18H18O2/c1-2-16-8-3-4-9-17(16)13-15-7-5-6-14(12-15)10-11-18(19)20/h3-12H,2,13H2,1H3,(H,19,20)/b11-10+. The van der Waals surface area contributed by atoms with Crippen molar-refractivity contribution in [2.75, 3.05) is 0 Å². The lowest BCUT2D eigenvalue weighted by Gasteiger charge is -2.08. The van der Waals surface area contributed by atoms with E-state index in [1.807, 2.05) is 18.2 Å². The number of hydrogen-bond donors (Lipinski definition) is 1. The number of benzene rings is 2. The molecule has 2 rings (SSSR count). The Labute approximate surface area is 119 Å². The van der Waals surface area contributed by atoms with Crippen LogP contribution in [-0.2, 0) is 17.6 Å². The predicted molar refractivity (Wildman–Crippen MR) is 81.7 cm³/mol. The lowest BCUT2D eigenvalue weighted by molar-refractivity contribution is -0.131. The normalized spacial score (nSPS) is 10.8. The zero-order valence-electron chi connectivity index (χ0n) is 11.5. The van der Waals surface area contributed by atoms with Crippen LogP contribution in [0.4, 0.5) is 0 Å². The molecule has 0 radical (unpaired) electrons. The molecule has 0 aliphatic heterocycles. The number of carbonyl (C=O) groups is 1. The average Bonchev–Trinajstić information content (AvgIpc) is 2.46. The minimum Gasteiger partial charge on any atom is -0.478 e. The maximum atomic E-state index is 10.5. The second-order valence-corrected chi connectivity index (χ2v) is 4.72. The molecule has 0 saturated heterocycles. The van der Waals surface area contributed by atoms with Crippen molar-refractivity contribution in [3.8, 4) is 0 Å². The van der Waals surface area contributed by atoms with E-state index in [1.165, 1.54) is 22.8 Å². The second kappa shape index (κ2) is 6.71. The lowest BCUT2D eigenvalue weighted by Crippen LogP contribution is -1.94. The van der Waals surface area contributed by atoms with Crippen molar-refractivity contribution in [1.29, 1.82) is 0 Å². The Balaban J connectivity index is 2.21. The number of hydrogen-bond acceptors (Lipinski definition) is 1. The van der Waals surface area contributed by atoms with Gasteiger partial charge in [0.15, 0.2) is 0 Å². The van der Waals surface area contributed by atoms with Crippen molar-refractivity contribution in [3.63, 3.8) is 0 Å². The molecule has 1 N–H and O–H groups in total. The van der Waals surface area contributed by atoms with Crippen molar-refractivity contribution >= 4 is 12.0 Å². The highest BCUT2D eigenvalue weighted by Gasteiger charge is 2.02. The van der Waals surface area contributed by atoms with Crippen molar-refractivity contribution in [1.82, 2.24) is 0 Å². The van der Waals surface area contributed by atoms with E-state index in [0.29, 0.717) is 0 Å². The molecule has 0 spiro atoms. The Morgan fingerprint density at radius 1 is 1.10 bits per heavy atom. The van der Waals surface area contributed by atoms with Gasteiger partial charge in [-0.15, -0.1) is 0 Å². The van der Waals surface area contributed by atoms with Crippen LogP contribution in [0.1, 0.15) is 29.2 Å². The van der Waals surface area contributed by atoms with Crippen molar-refractivity contribution in [2.45, 2.75) is 19.8 Å². The third kappa shape index (κ3) is 3.82. The van der Waals surface area contributed by atoms with Gasteiger partial charge in [0.05, 0.1) is 0 Å². The van der Waals surface area contributed by atoms with Crippen LogP contribution in [-0.4, -0.2) is 11.1 Å². The maximum Gasteiger partial charge on any atom is 0.328 e. The van der Waals surface area contributed by atoms with E-state index in [9.17, 15) is 4.79 Å². The van der Waals surface area contributed by atoms with E-state index in [0.717, 1.165) is 18.4 Å². The summed E-state index contributed by atoms with van der Waals surface area (Å²) in [4.78, 5) is 10.5. The first kappa shape index (κ1) is 14.1. The molecule has 0 heterocycles. The molecule has 20 heavy (non-hydrogen) atoms. The number of aliphatic carboxylic acids is 1. The predicted octanol–water partition coefficient (Wildman–Crippen LogP) is 3.94. The Hall–Kier alpha value is -2.35. The fraction of sp³-hybridized carbons (Fsp3) is 0.167. The van der Waals surface area contributed by atoms with Crippen molar-refractivity contribution in [3.05, 3.63) is 76.9 Å². The largest absolute Gasteiger partial charge is 0.478 e. The van der Waals surface area contributed by atoms with Gasteiger partial charge in [0, 0.05) is 6.08 Å². The number of aryl methyl sites for hydroxylation is 1. The van der Waals surface area contributed by atoms with Gasteiger partial charge < -0.3 is 5.11 Å². The molecule has 0 bridgehead atoms. The molecule has 0 amide bonds. The summed E-state index contributed by atoms with van der Waals surface area (Å²) in [6, 6.07) is 16.4. The van der Waals surface area contributed by atoms with Gasteiger partial charge in [-0.25, -0.2) is 4.79 Å². The van der Waals surface area contributed by atoms with Crippen molar-refractivity contribution < 1.29 is 9.90 Å². The molecular weight excluding hydrogens is 248 g/mol. The van der Waals surface area contributed by atoms with E-state index >= 15 is 0 Å². The number of carboxylic acids is 1. The van der Waals surface area contributed by atoms with E-state index in [-0.39, 0.29) is 0 Å². The number of carboxylic acid groups (broad SMARTS) is 1. The Morgan fingerprint density at radius 2 is 1.85 bits per heavy atom. The summed E-state index contributed by atoms with van der Waals surface area (Å²) in [7, 11) is 0. The molecule has 2 aromatic rings. The molecule has 102 valence electrons. The summed E-state index contributed by atoms with van der Waals surface area (Å²) in [6.07, 6.45) is 4.68. The molecule has 0 unspecified atom stereocenters. The molecule has 2 aromatic carbocycles. The molecule has 0 saturated carbocycles. The summed E-state index contributed by atoms with van der Waals surface area (Å²) in [5, 5.41) is 8.66. The smallest absolute Gasteiger partial charge is 0.328 e. The van der Waals surface area contributed by atoms with Crippen LogP contribution in [0.25, 0.3) is 6.08 Å². The molecule has 0 fully saturated rings. The van der Waals surface area contributed by atoms with Gasteiger partial charge in [-0.05, 0) is 41.2 Å². The van der Waals surface area contributed by atoms with Gasteiger partial charge >= 0.3 is 5.97 Å². The van der Waals surface area contributed by atoms with Crippen LogP contribution < -0.4 is 0 Å². The first-order valence-electron chi connectivity index (χ1n) is 6.75. The van der Waals surface area contributed by atoms with Crippen LogP contribution in [0.2, 0.25) is 0 Å². The van der Waals surface area contributed by atoms with Gasteiger partial charge in [-0.1, -0.05) is 55.5 Å². The summed E-state index contributed by atoms with van der Waals surface area (Å²) >= 11 is 0. The average molecular weight is 266 g/mol.